The van der Waals surface area contributed by atoms with Crippen LogP contribution in [0.3, 0.4) is 0 Å². The van der Waals surface area contributed by atoms with E-state index < -0.39 is 0 Å². The molecule has 88 valence electrons. The van der Waals surface area contributed by atoms with E-state index in [9.17, 15) is 0 Å². The second-order valence-electron chi connectivity index (χ2n) is 4.16. The number of allylic oxidation sites excluding steroid dienone is 3. The van der Waals surface area contributed by atoms with Gasteiger partial charge in [-0.2, -0.15) is 0 Å². The molecule has 0 unspecified atom stereocenters. The molecule has 0 nitrogen and oxygen atoms in total. The van der Waals surface area contributed by atoms with Crippen molar-refractivity contribution < 1.29 is 0 Å². The van der Waals surface area contributed by atoms with Crippen LogP contribution < -0.4 is 0 Å². The molecule has 0 amide bonds. The Kier molecular flexibility index (Phi) is 7.28. The highest BCUT2D eigenvalue weighted by molar-refractivity contribution is 5.22. The summed E-state index contributed by atoms with van der Waals surface area (Å²) in [7, 11) is 0. The molecule has 0 heterocycles. The average Bonchev–Trinajstić information content (AvgIpc) is 2.19. The van der Waals surface area contributed by atoms with E-state index in [1.54, 1.807) is 0 Å². The van der Waals surface area contributed by atoms with E-state index in [0.29, 0.717) is 0 Å². The van der Waals surface area contributed by atoms with Crippen LogP contribution in [0.15, 0.2) is 54.1 Å². The first-order valence-corrected chi connectivity index (χ1v) is 5.55. The summed E-state index contributed by atoms with van der Waals surface area (Å²) >= 11 is 0. The van der Waals surface area contributed by atoms with Gasteiger partial charge in [0.15, 0.2) is 0 Å². The van der Waals surface area contributed by atoms with E-state index >= 15 is 0 Å². The van der Waals surface area contributed by atoms with E-state index in [4.69, 9.17) is 0 Å². The Labute approximate surface area is 101 Å². The molecule has 0 heteroatoms. The van der Waals surface area contributed by atoms with Gasteiger partial charge in [0.2, 0.25) is 0 Å². The van der Waals surface area contributed by atoms with Crippen molar-refractivity contribution in [2.45, 2.75) is 40.5 Å². The number of hydrogen-bond acceptors (Lipinski definition) is 0. The minimum atomic E-state index is 0. The van der Waals surface area contributed by atoms with E-state index in [2.05, 4.69) is 38.6 Å². The van der Waals surface area contributed by atoms with Gasteiger partial charge in [0.05, 0.1) is 0 Å². The molecule has 0 aliphatic heterocycles. The molecule has 1 aromatic rings. The first kappa shape index (κ1) is 14.7. The van der Waals surface area contributed by atoms with Crippen molar-refractivity contribution in [1.29, 1.82) is 0 Å². The van der Waals surface area contributed by atoms with E-state index in [1.165, 1.54) is 36.0 Å². The Morgan fingerprint density at radius 3 is 1.94 bits per heavy atom. The Bertz CT molecular complexity index is 330. The predicted octanol–water partition coefficient (Wildman–Crippen LogP) is 5.30. The summed E-state index contributed by atoms with van der Waals surface area (Å²) in [6, 6.07) is 10.3. The van der Waals surface area contributed by atoms with Crippen LogP contribution in [0.1, 0.15) is 39.2 Å². The number of aryl methyl sites for hydroxylation is 1. The van der Waals surface area contributed by atoms with Gasteiger partial charge in [0.1, 0.15) is 0 Å². The van der Waals surface area contributed by atoms with Crippen molar-refractivity contribution in [3.63, 3.8) is 0 Å². The molecule has 1 aromatic carbocycles. The Morgan fingerprint density at radius 1 is 1.00 bits per heavy atom. The maximum absolute atomic E-state index is 3.89. The maximum atomic E-state index is 3.89. The molecule has 1 aliphatic rings. The third-order valence-electron chi connectivity index (χ3n) is 2.46. The minimum absolute atomic E-state index is 0. The third kappa shape index (κ3) is 6.23. The lowest BCUT2D eigenvalue weighted by Gasteiger charge is -2.08. The van der Waals surface area contributed by atoms with Crippen molar-refractivity contribution >= 4 is 0 Å². The summed E-state index contributed by atoms with van der Waals surface area (Å²) in [5.41, 5.74) is 4.11. The van der Waals surface area contributed by atoms with Gasteiger partial charge in [-0.3, -0.25) is 0 Å². The minimum Gasteiger partial charge on any atom is -0.0958 e. The van der Waals surface area contributed by atoms with Crippen LogP contribution in [0.25, 0.3) is 0 Å². The molecule has 0 fully saturated rings. The van der Waals surface area contributed by atoms with Crippen molar-refractivity contribution in [1.82, 2.24) is 0 Å². The highest BCUT2D eigenvalue weighted by atomic mass is 14.1. The van der Waals surface area contributed by atoms with Crippen molar-refractivity contribution in [2.24, 2.45) is 0 Å². The van der Waals surface area contributed by atoms with Crippen molar-refractivity contribution in [3.8, 4) is 0 Å². The van der Waals surface area contributed by atoms with Crippen molar-refractivity contribution in [3.05, 3.63) is 59.7 Å². The molecule has 0 aromatic heterocycles. The molecular formula is C16H24. The zero-order chi connectivity index (χ0) is 11.1. The highest BCUT2D eigenvalue weighted by Crippen LogP contribution is 2.19. The topological polar surface area (TPSA) is 0 Å². The molecule has 0 saturated carbocycles. The summed E-state index contributed by atoms with van der Waals surface area (Å²) < 4.78 is 0. The fourth-order valence-electron chi connectivity index (χ4n) is 1.62. The molecule has 0 atom stereocenters. The fraction of sp³-hybridized carbons (Fsp3) is 0.375. The Morgan fingerprint density at radius 2 is 1.62 bits per heavy atom. The predicted molar refractivity (Wildman–Crippen MR) is 74.7 cm³/mol. The van der Waals surface area contributed by atoms with Gasteiger partial charge in [0.25, 0.3) is 0 Å². The summed E-state index contributed by atoms with van der Waals surface area (Å²) in [5.74, 6) is 0. The second-order valence-corrected chi connectivity index (χ2v) is 4.16. The van der Waals surface area contributed by atoms with Gasteiger partial charge in [-0.1, -0.05) is 67.1 Å². The van der Waals surface area contributed by atoms with Gasteiger partial charge in [-0.15, -0.1) is 0 Å². The lowest BCUT2D eigenvalue weighted by molar-refractivity contribution is 0.786. The van der Waals surface area contributed by atoms with Crippen LogP contribution in [-0.2, 0) is 0 Å². The van der Waals surface area contributed by atoms with E-state index in [-0.39, 0.29) is 7.43 Å². The molecule has 2 rings (SSSR count). The van der Waals surface area contributed by atoms with Gasteiger partial charge in [-0.05, 0) is 33.1 Å². The largest absolute Gasteiger partial charge is 0.0958 e. The van der Waals surface area contributed by atoms with Crippen LogP contribution >= 0.6 is 0 Å². The molecular weight excluding hydrogens is 192 g/mol. The number of benzene rings is 1. The van der Waals surface area contributed by atoms with E-state index in [0.717, 1.165) is 0 Å². The SMILES string of the molecule is C.C=C1C=C(C)CCC1.Cc1ccccc1. The van der Waals surface area contributed by atoms with Crippen molar-refractivity contribution in [2.75, 3.05) is 0 Å². The molecule has 0 bridgehead atoms. The summed E-state index contributed by atoms with van der Waals surface area (Å²) in [5, 5.41) is 0. The monoisotopic (exact) mass is 216 g/mol. The van der Waals surface area contributed by atoms with E-state index in [1.807, 2.05) is 18.2 Å². The first-order chi connectivity index (χ1) is 7.18. The summed E-state index contributed by atoms with van der Waals surface area (Å²) in [6.45, 7) is 8.14. The second kappa shape index (κ2) is 7.92. The highest BCUT2D eigenvalue weighted by Gasteiger charge is 1.99. The summed E-state index contributed by atoms with van der Waals surface area (Å²) in [6.07, 6.45) is 5.99. The fourth-order valence-corrected chi connectivity index (χ4v) is 1.62. The van der Waals surface area contributed by atoms with Crippen LogP contribution in [0, 0.1) is 6.92 Å². The lowest BCUT2D eigenvalue weighted by atomic mass is 9.98. The molecule has 16 heavy (non-hydrogen) atoms. The lowest BCUT2D eigenvalue weighted by Crippen LogP contribution is -1.88. The molecule has 0 radical (unpaired) electrons. The third-order valence-corrected chi connectivity index (χ3v) is 2.46. The zero-order valence-electron chi connectivity index (χ0n) is 9.79. The number of rotatable bonds is 0. The maximum Gasteiger partial charge on any atom is -0.0282 e. The normalized spacial score (nSPS) is 14.1. The zero-order valence-corrected chi connectivity index (χ0v) is 9.79. The van der Waals surface area contributed by atoms with Crippen LogP contribution in [0.5, 0.6) is 0 Å². The first-order valence-electron chi connectivity index (χ1n) is 5.55. The summed E-state index contributed by atoms with van der Waals surface area (Å²) in [4.78, 5) is 0. The standard InChI is InChI=1S/C8H12.C7H8.CH4/c1-7-4-3-5-8(2)6-7;1-7-5-3-2-4-6-7;/h6H,1,3-5H2,2H3;2-6H,1H3;1H4. The molecule has 0 saturated heterocycles. The Hall–Kier alpha value is -1.30. The van der Waals surface area contributed by atoms with Gasteiger partial charge in [-0.25, -0.2) is 0 Å². The molecule has 0 N–H and O–H groups in total. The average molecular weight is 216 g/mol. The quantitative estimate of drug-likeness (QED) is 0.551. The van der Waals surface area contributed by atoms with Gasteiger partial charge < -0.3 is 0 Å². The smallest absolute Gasteiger partial charge is 0.0282 e. The van der Waals surface area contributed by atoms with Crippen LogP contribution in [0.2, 0.25) is 0 Å². The van der Waals surface area contributed by atoms with Crippen LogP contribution in [0.4, 0.5) is 0 Å². The Balaban J connectivity index is 0.000000267. The number of hydrogen-bond donors (Lipinski definition) is 0. The van der Waals surface area contributed by atoms with Gasteiger partial charge in [0, 0.05) is 0 Å². The molecule has 1 aliphatic carbocycles. The van der Waals surface area contributed by atoms with Gasteiger partial charge >= 0.3 is 0 Å². The van der Waals surface area contributed by atoms with Crippen LogP contribution in [-0.4, -0.2) is 0 Å². The molecule has 0 spiro atoms.